The summed E-state index contributed by atoms with van der Waals surface area (Å²) in [6.07, 6.45) is 2.26. The van der Waals surface area contributed by atoms with Crippen molar-refractivity contribution < 1.29 is 14.7 Å². The van der Waals surface area contributed by atoms with Gasteiger partial charge in [-0.25, -0.2) is 0 Å². The van der Waals surface area contributed by atoms with E-state index < -0.39 is 11.4 Å². The van der Waals surface area contributed by atoms with E-state index in [2.05, 4.69) is 0 Å². The molecule has 0 amide bonds. The SMILES string of the molecule is O=C(O)C1(c2ccc(Cl)cc2)CCCCC1=O. The molecular weight excluding hydrogens is 240 g/mol. The number of carboxylic acid groups (broad SMARTS) is 1. The van der Waals surface area contributed by atoms with Crippen LogP contribution in [0.2, 0.25) is 5.02 Å². The first-order chi connectivity index (χ1) is 8.07. The fourth-order valence-corrected chi connectivity index (χ4v) is 2.54. The van der Waals surface area contributed by atoms with Gasteiger partial charge in [0.25, 0.3) is 0 Å². The third-order valence-corrected chi connectivity index (χ3v) is 3.64. The van der Waals surface area contributed by atoms with Crippen LogP contribution in [-0.2, 0) is 15.0 Å². The van der Waals surface area contributed by atoms with Crippen molar-refractivity contribution >= 4 is 23.4 Å². The molecule has 1 aromatic rings. The predicted octanol–water partition coefficient (Wildman–Crippen LogP) is 2.81. The lowest BCUT2D eigenvalue weighted by Gasteiger charge is -2.32. The van der Waals surface area contributed by atoms with Gasteiger partial charge in [0.05, 0.1) is 0 Å². The van der Waals surface area contributed by atoms with Gasteiger partial charge in [0.15, 0.2) is 11.2 Å². The van der Waals surface area contributed by atoms with Gasteiger partial charge >= 0.3 is 5.97 Å². The Kier molecular flexibility index (Phi) is 3.20. The Balaban J connectivity index is 2.50. The fraction of sp³-hybridized carbons (Fsp3) is 0.385. The Morgan fingerprint density at radius 2 is 1.88 bits per heavy atom. The van der Waals surface area contributed by atoms with Crippen LogP contribution < -0.4 is 0 Å². The lowest BCUT2D eigenvalue weighted by atomic mass is 9.68. The third kappa shape index (κ3) is 1.95. The standard InChI is InChI=1S/C13H13ClO3/c14-10-6-4-9(5-7-10)13(12(16)17)8-2-1-3-11(13)15/h4-7H,1-3,8H2,(H,16,17). The van der Waals surface area contributed by atoms with Crippen LogP contribution in [0.25, 0.3) is 0 Å². The van der Waals surface area contributed by atoms with Gasteiger partial charge in [0, 0.05) is 11.4 Å². The smallest absolute Gasteiger partial charge is 0.321 e. The Labute approximate surface area is 104 Å². The molecule has 3 nitrogen and oxygen atoms in total. The number of carboxylic acids is 1. The zero-order valence-electron chi connectivity index (χ0n) is 9.28. The number of carbonyl (C=O) groups is 2. The predicted molar refractivity (Wildman–Crippen MR) is 64.2 cm³/mol. The number of carbonyl (C=O) groups excluding carboxylic acids is 1. The second-order valence-electron chi connectivity index (χ2n) is 4.35. The van der Waals surface area contributed by atoms with Gasteiger partial charge in [-0.05, 0) is 30.5 Å². The summed E-state index contributed by atoms with van der Waals surface area (Å²) in [5.74, 6) is -1.25. The van der Waals surface area contributed by atoms with Crippen LogP contribution in [0.3, 0.4) is 0 Å². The molecule has 0 saturated heterocycles. The topological polar surface area (TPSA) is 54.4 Å². The maximum atomic E-state index is 12.0. The maximum absolute atomic E-state index is 12.0. The van der Waals surface area contributed by atoms with Crippen molar-refractivity contribution in [2.45, 2.75) is 31.1 Å². The van der Waals surface area contributed by atoms with E-state index in [9.17, 15) is 14.7 Å². The van der Waals surface area contributed by atoms with Gasteiger partial charge in [-0.2, -0.15) is 0 Å². The van der Waals surface area contributed by atoms with Gasteiger partial charge in [0.1, 0.15) is 0 Å². The zero-order valence-corrected chi connectivity index (χ0v) is 10.0. The summed E-state index contributed by atoms with van der Waals surface area (Å²) in [4.78, 5) is 23.5. The van der Waals surface area contributed by atoms with Gasteiger partial charge in [0.2, 0.25) is 0 Å². The molecule has 1 aliphatic carbocycles. The highest BCUT2D eigenvalue weighted by Gasteiger charge is 2.48. The van der Waals surface area contributed by atoms with Crippen molar-refractivity contribution in [3.63, 3.8) is 0 Å². The van der Waals surface area contributed by atoms with Crippen molar-refractivity contribution in [2.75, 3.05) is 0 Å². The average Bonchev–Trinajstić information content (AvgIpc) is 2.31. The molecule has 4 heteroatoms. The first kappa shape index (κ1) is 12.1. The molecule has 1 aliphatic rings. The van der Waals surface area contributed by atoms with Crippen LogP contribution in [0, 0.1) is 0 Å². The molecule has 1 saturated carbocycles. The molecule has 0 aromatic heterocycles. The zero-order chi connectivity index (χ0) is 12.5. The largest absolute Gasteiger partial charge is 0.480 e. The second kappa shape index (κ2) is 4.49. The van der Waals surface area contributed by atoms with Crippen LogP contribution >= 0.6 is 11.6 Å². The molecule has 1 atom stereocenters. The van der Waals surface area contributed by atoms with E-state index in [4.69, 9.17) is 11.6 Å². The maximum Gasteiger partial charge on any atom is 0.321 e. The van der Waals surface area contributed by atoms with E-state index in [-0.39, 0.29) is 5.78 Å². The molecule has 0 aliphatic heterocycles. The number of aliphatic carboxylic acids is 1. The highest BCUT2D eigenvalue weighted by Crippen LogP contribution is 2.37. The first-order valence-electron chi connectivity index (χ1n) is 5.60. The van der Waals surface area contributed by atoms with Gasteiger partial charge < -0.3 is 5.11 Å². The van der Waals surface area contributed by atoms with E-state index in [1.807, 2.05) is 0 Å². The minimum absolute atomic E-state index is 0.196. The summed E-state index contributed by atoms with van der Waals surface area (Å²) >= 11 is 5.78. The molecule has 2 rings (SSSR count). The molecule has 1 aromatic carbocycles. The van der Waals surface area contributed by atoms with Crippen molar-refractivity contribution in [3.8, 4) is 0 Å². The molecule has 0 radical (unpaired) electrons. The lowest BCUT2D eigenvalue weighted by molar-refractivity contribution is -0.150. The van der Waals surface area contributed by atoms with Gasteiger partial charge in [-0.15, -0.1) is 0 Å². The molecule has 0 spiro atoms. The molecular formula is C13H13ClO3. The summed E-state index contributed by atoms with van der Waals surface area (Å²) < 4.78 is 0. The third-order valence-electron chi connectivity index (χ3n) is 3.38. The molecule has 1 unspecified atom stereocenters. The minimum Gasteiger partial charge on any atom is -0.480 e. The highest BCUT2D eigenvalue weighted by molar-refractivity contribution is 6.30. The van der Waals surface area contributed by atoms with E-state index in [1.54, 1.807) is 24.3 Å². The number of hydrogen-bond donors (Lipinski definition) is 1. The Morgan fingerprint density at radius 1 is 1.24 bits per heavy atom. The van der Waals surface area contributed by atoms with Crippen LogP contribution in [0.4, 0.5) is 0 Å². The summed E-state index contributed by atoms with van der Waals surface area (Å²) in [6.45, 7) is 0. The molecule has 0 heterocycles. The monoisotopic (exact) mass is 252 g/mol. The van der Waals surface area contributed by atoms with Crippen molar-refractivity contribution in [2.24, 2.45) is 0 Å². The molecule has 90 valence electrons. The Morgan fingerprint density at radius 3 is 2.41 bits per heavy atom. The second-order valence-corrected chi connectivity index (χ2v) is 4.78. The van der Waals surface area contributed by atoms with Gasteiger partial charge in [-0.3, -0.25) is 9.59 Å². The number of hydrogen-bond acceptors (Lipinski definition) is 2. The van der Waals surface area contributed by atoms with Crippen molar-refractivity contribution in [3.05, 3.63) is 34.9 Å². The van der Waals surface area contributed by atoms with E-state index in [0.29, 0.717) is 23.4 Å². The Hall–Kier alpha value is -1.35. The van der Waals surface area contributed by atoms with Crippen LogP contribution in [0.15, 0.2) is 24.3 Å². The molecule has 17 heavy (non-hydrogen) atoms. The number of Topliss-reactive ketones (excluding diaryl/α,β-unsaturated/α-hetero) is 1. The normalized spacial score (nSPS) is 24.6. The van der Waals surface area contributed by atoms with E-state index >= 15 is 0 Å². The number of rotatable bonds is 2. The quantitative estimate of drug-likeness (QED) is 0.824. The van der Waals surface area contributed by atoms with E-state index in [1.165, 1.54) is 0 Å². The summed E-state index contributed by atoms with van der Waals surface area (Å²) in [6, 6.07) is 6.53. The van der Waals surface area contributed by atoms with Crippen molar-refractivity contribution in [1.29, 1.82) is 0 Å². The lowest BCUT2D eigenvalue weighted by Crippen LogP contribution is -2.45. The fourth-order valence-electron chi connectivity index (χ4n) is 2.42. The number of benzene rings is 1. The molecule has 1 N–H and O–H groups in total. The molecule has 1 fully saturated rings. The van der Waals surface area contributed by atoms with Gasteiger partial charge in [-0.1, -0.05) is 30.2 Å². The highest BCUT2D eigenvalue weighted by atomic mass is 35.5. The summed E-state index contributed by atoms with van der Waals surface area (Å²) in [5.41, 5.74) is -0.817. The minimum atomic E-state index is -1.36. The number of halogens is 1. The summed E-state index contributed by atoms with van der Waals surface area (Å²) in [7, 11) is 0. The first-order valence-corrected chi connectivity index (χ1v) is 5.98. The van der Waals surface area contributed by atoms with Crippen molar-refractivity contribution in [1.82, 2.24) is 0 Å². The molecule has 0 bridgehead atoms. The van der Waals surface area contributed by atoms with Crippen LogP contribution in [0.5, 0.6) is 0 Å². The number of ketones is 1. The van der Waals surface area contributed by atoms with E-state index in [0.717, 1.165) is 12.8 Å². The Bertz CT molecular complexity index is 452. The van der Waals surface area contributed by atoms with Crippen LogP contribution in [-0.4, -0.2) is 16.9 Å². The summed E-state index contributed by atoms with van der Waals surface area (Å²) in [5, 5.41) is 9.97. The van der Waals surface area contributed by atoms with Crippen LogP contribution in [0.1, 0.15) is 31.2 Å². The average molecular weight is 253 g/mol.